The molecule has 158 valence electrons. The highest BCUT2D eigenvalue weighted by molar-refractivity contribution is 7.89. The molecule has 29 heavy (non-hydrogen) atoms. The minimum absolute atomic E-state index is 0.0155. The van der Waals surface area contributed by atoms with Gasteiger partial charge in [0.2, 0.25) is 15.8 Å². The van der Waals surface area contributed by atoms with Crippen LogP contribution in [0.15, 0.2) is 34.0 Å². The molecule has 2 aromatic rings. The van der Waals surface area contributed by atoms with E-state index in [0.29, 0.717) is 4.57 Å². The zero-order chi connectivity index (χ0) is 21.6. The molecule has 8 nitrogen and oxygen atoms in total. The Morgan fingerprint density at radius 1 is 1.21 bits per heavy atom. The number of halogens is 3. The lowest BCUT2D eigenvalue weighted by molar-refractivity contribution is -0.147. The van der Waals surface area contributed by atoms with Crippen molar-refractivity contribution in [3.63, 3.8) is 0 Å². The second-order valence-corrected chi connectivity index (χ2v) is 8.76. The molecule has 1 fully saturated rings. The number of hydrogen-bond acceptors (Lipinski definition) is 5. The average Bonchev–Trinajstić information content (AvgIpc) is 2.97. The number of benzene rings is 1. The molecule has 1 aromatic carbocycles. The number of carbonyl (C=O) groups is 1. The summed E-state index contributed by atoms with van der Waals surface area (Å²) in [6.45, 7) is 1.36. The molecule has 0 unspecified atom stereocenters. The fourth-order valence-electron chi connectivity index (χ4n) is 3.29. The highest BCUT2D eigenvalue weighted by atomic mass is 32.2. The van der Waals surface area contributed by atoms with E-state index in [1.54, 1.807) is 0 Å². The first-order valence-corrected chi connectivity index (χ1v) is 10.2. The molecule has 0 saturated carbocycles. The third-order valence-corrected chi connectivity index (χ3v) is 6.80. The molecular formula is C17H19F3N4O4S. The van der Waals surface area contributed by atoms with Crippen LogP contribution in [0.1, 0.15) is 42.0 Å². The number of rotatable bonds is 4. The maximum Gasteiger partial charge on any atom is 0.451 e. The topological polar surface area (TPSA) is 94.3 Å². The first-order valence-electron chi connectivity index (χ1n) is 8.77. The van der Waals surface area contributed by atoms with Gasteiger partial charge in [-0.05, 0) is 31.9 Å². The van der Waals surface area contributed by atoms with Crippen molar-refractivity contribution in [2.45, 2.75) is 36.9 Å². The smallest absolute Gasteiger partial charge is 0.295 e. The van der Waals surface area contributed by atoms with Crippen LogP contribution in [0.2, 0.25) is 0 Å². The number of piperidine rings is 1. The Balaban J connectivity index is 1.80. The SMILES string of the molecule is CC(=O)c1cccc(S(=O)(=O)N2CCC(n3nc(C(F)(F)F)n(C)c3=O)CC2)c1. The van der Waals surface area contributed by atoms with Crippen LogP contribution in [0.25, 0.3) is 0 Å². The number of aromatic nitrogens is 3. The Hall–Kier alpha value is -2.47. The summed E-state index contributed by atoms with van der Waals surface area (Å²) >= 11 is 0. The number of Topliss-reactive ketones (excluding diaryl/α,β-unsaturated/α-hetero) is 1. The normalized spacial score (nSPS) is 16.9. The van der Waals surface area contributed by atoms with Gasteiger partial charge in [-0.1, -0.05) is 12.1 Å². The van der Waals surface area contributed by atoms with Gasteiger partial charge >= 0.3 is 11.9 Å². The summed E-state index contributed by atoms with van der Waals surface area (Å²) < 4.78 is 67.0. The number of ketones is 1. The van der Waals surface area contributed by atoms with E-state index in [-0.39, 0.29) is 42.2 Å². The molecule has 3 rings (SSSR count). The van der Waals surface area contributed by atoms with Gasteiger partial charge in [-0.3, -0.25) is 9.36 Å². The third-order valence-electron chi connectivity index (χ3n) is 4.90. The molecule has 12 heteroatoms. The van der Waals surface area contributed by atoms with Gasteiger partial charge in [0.05, 0.1) is 10.9 Å². The van der Waals surface area contributed by atoms with Gasteiger partial charge in [0.1, 0.15) is 0 Å². The van der Waals surface area contributed by atoms with E-state index in [1.807, 2.05) is 0 Å². The van der Waals surface area contributed by atoms with Crippen molar-refractivity contribution in [2.24, 2.45) is 7.05 Å². The zero-order valence-electron chi connectivity index (χ0n) is 15.7. The molecule has 0 atom stereocenters. The van der Waals surface area contributed by atoms with Crippen LogP contribution >= 0.6 is 0 Å². The van der Waals surface area contributed by atoms with E-state index in [4.69, 9.17) is 0 Å². The lowest BCUT2D eigenvalue weighted by Gasteiger charge is -2.30. The number of carbonyl (C=O) groups excluding carboxylic acids is 1. The molecule has 1 aromatic heterocycles. The maximum absolute atomic E-state index is 13.0. The standard InChI is InChI=1S/C17H19F3N4O4S/c1-11(25)12-4-3-5-14(10-12)29(27,28)23-8-6-13(7-9-23)24-16(26)22(2)15(21-24)17(18,19)20/h3-5,10,13H,6-9H2,1-2H3. The molecule has 1 aliphatic heterocycles. The van der Waals surface area contributed by atoms with E-state index < -0.39 is 33.8 Å². The fourth-order valence-corrected chi connectivity index (χ4v) is 4.81. The van der Waals surface area contributed by atoms with Crippen molar-refractivity contribution in [3.8, 4) is 0 Å². The van der Waals surface area contributed by atoms with Crippen molar-refractivity contribution in [1.82, 2.24) is 18.7 Å². The van der Waals surface area contributed by atoms with Gasteiger partial charge in [-0.2, -0.15) is 17.5 Å². The van der Waals surface area contributed by atoms with Crippen molar-refractivity contribution < 1.29 is 26.4 Å². The monoisotopic (exact) mass is 432 g/mol. The van der Waals surface area contributed by atoms with Crippen LogP contribution < -0.4 is 5.69 Å². The summed E-state index contributed by atoms with van der Waals surface area (Å²) in [6.07, 6.45) is -4.48. The summed E-state index contributed by atoms with van der Waals surface area (Å²) in [5.41, 5.74) is -0.631. The van der Waals surface area contributed by atoms with Gasteiger partial charge in [0, 0.05) is 25.7 Å². The minimum Gasteiger partial charge on any atom is -0.295 e. The van der Waals surface area contributed by atoms with Crippen LogP contribution in [-0.2, 0) is 23.2 Å². The Morgan fingerprint density at radius 3 is 2.34 bits per heavy atom. The summed E-state index contributed by atoms with van der Waals surface area (Å²) in [7, 11) is -2.88. The van der Waals surface area contributed by atoms with Crippen molar-refractivity contribution in [3.05, 3.63) is 46.1 Å². The summed E-state index contributed by atoms with van der Waals surface area (Å²) in [5, 5.41) is 3.42. The largest absolute Gasteiger partial charge is 0.451 e. The lowest BCUT2D eigenvalue weighted by atomic mass is 10.1. The van der Waals surface area contributed by atoms with E-state index in [2.05, 4.69) is 5.10 Å². The zero-order valence-corrected chi connectivity index (χ0v) is 16.5. The van der Waals surface area contributed by atoms with Crippen LogP contribution in [0, 0.1) is 0 Å². The number of sulfonamides is 1. The van der Waals surface area contributed by atoms with Gasteiger partial charge in [-0.15, -0.1) is 5.10 Å². The van der Waals surface area contributed by atoms with E-state index >= 15 is 0 Å². The first-order chi connectivity index (χ1) is 13.4. The Morgan fingerprint density at radius 2 is 1.83 bits per heavy atom. The maximum atomic E-state index is 13.0. The summed E-state index contributed by atoms with van der Waals surface area (Å²) in [6, 6.07) is 5.02. The molecule has 1 saturated heterocycles. The molecule has 0 N–H and O–H groups in total. The average molecular weight is 432 g/mol. The second kappa shape index (κ2) is 7.41. The van der Waals surface area contributed by atoms with Gasteiger partial charge in [-0.25, -0.2) is 17.9 Å². The van der Waals surface area contributed by atoms with E-state index in [9.17, 15) is 31.2 Å². The highest BCUT2D eigenvalue weighted by Gasteiger charge is 2.39. The van der Waals surface area contributed by atoms with Crippen molar-refractivity contribution >= 4 is 15.8 Å². The van der Waals surface area contributed by atoms with Crippen LogP contribution in [0.5, 0.6) is 0 Å². The van der Waals surface area contributed by atoms with Crippen molar-refractivity contribution in [2.75, 3.05) is 13.1 Å². The predicted molar refractivity (Wildman–Crippen MR) is 95.9 cm³/mol. The Kier molecular flexibility index (Phi) is 5.43. The molecule has 0 bridgehead atoms. The molecule has 0 aliphatic carbocycles. The highest BCUT2D eigenvalue weighted by Crippen LogP contribution is 2.29. The van der Waals surface area contributed by atoms with Gasteiger partial charge < -0.3 is 0 Å². The molecule has 2 heterocycles. The summed E-state index contributed by atoms with van der Waals surface area (Å²) in [4.78, 5) is 23.6. The molecule has 0 radical (unpaired) electrons. The first kappa shape index (κ1) is 21.2. The molecular weight excluding hydrogens is 413 g/mol. The van der Waals surface area contributed by atoms with E-state index in [0.717, 1.165) is 11.7 Å². The van der Waals surface area contributed by atoms with Crippen LogP contribution in [0.3, 0.4) is 0 Å². The second-order valence-electron chi connectivity index (χ2n) is 6.83. The molecule has 0 spiro atoms. The Labute approximate surface area is 164 Å². The van der Waals surface area contributed by atoms with Crippen LogP contribution in [0.4, 0.5) is 13.2 Å². The third kappa shape index (κ3) is 3.99. The lowest BCUT2D eigenvalue weighted by Crippen LogP contribution is -2.41. The van der Waals surface area contributed by atoms with Gasteiger partial charge in [0.25, 0.3) is 0 Å². The number of hydrogen-bond donors (Lipinski definition) is 0. The van der Waals surface area contributed by atoms with Crippen LogP contribution in [-0.4, -0.2) is 45.9 Å². The van der Waals surface area contributed by atoms with Crippen molar-refractivity contribution in [1.29, 1.82) is 0 Å². The fraction of sp³-hybridized carbons (Fsp3) is 0.471. The van der Waals surface area contributed by atoms with E-state index in [1.165, 1.54) is 35.5 Å². The van der Waals surface area contributed by atoms with Gasteiger partial charge in [0.15, 0.2) is 5.78 Å². The minimum atomic E-state index is -4.76. The molecule has 0 amide bonds. The number of alkyl halides is 3. The predicted octanol–water partition coefficient (Wildman–Crippen LogP) is 1.83. The summed E-state index contributed by atoms with van der Waals surface area (Å²) in [5.74, 6) is -1.56. The Bertz CT molecular complexity index is 1100. The molecule has 1 aliphatic rings. The quantitative estimate of drug-likeness (QED) is 0.687. The number of nitrogens with zero attached hydrogens (tertiary/aromatic N) is 4.